The first-order valence-electron chi connectivity index (χ1n) is 5.38. The molecule has 4 N–H and O–H groups in total. The minimum atomic E-state index is -0.602. The van der Waals surface area contributed by atoms with Crippen molar-refractivity contribution in [2.45, 2.75) is 0 Å². The Hall–Kier alpha value is -2.61. The molecule has 8 nitrogen and oxygen atoms in total. The quantitative estimate of drug-likeness (QED) is 0.728. The number of carbonyl (C=O) groups is 2. The lowest BCUT2D eigenvalue weighted by Gasteiger charge is -2.06. The van der Waals surface area contributed by atoms with E-state index in [1.165, 1.54) is 25.3 Å². The molecule has 104 valence electrons. The number of carbonyl (C=O) groups excluding carboxylic acids is 2. The SMILES string of the molecule is COC(=O)c1cc(NC(=O)c2nc(N)n[nH]2)ccc1Cl. The Morgan fingerprint density at radius 3 is 2.80 bits per heavy atom. The summed E-state index contributed by atoms with van der Waals surface area (Å²) in [7, 11) is 1.24. The van der Waals surface area contributed by atoms with Gasteiger partial charge in [-0.15, -0.1) is 5.10 Å². The molecule has 0 aliphatic heterocycles. The second-order valence-corrected chi connectivity index (χ2v) is 4.09. The van der Waals surface area contributed by atoms with Crippen LogP contribution in [0.4, 0.5) is 11.6 Å². The van der Waals surface area contributed by atoms with E-state index in [1.807, 2.05) is 0 Å². The maximum Gasteiger partial charge on any atom is 0.339 e. The summed E-state index contributed by atoms with van der Waals surface area (Å²) in [6, 6.07) is 4.40. The van der Waals surface area contributed by atoms with Crippen LogP contribution in [0, 0.1) is 0 Å². The van der Waals surface area contributed by atoms with Gasteiger partial charge in [-0.1, -0.05) is 11.6 Å². The third kappa shape index (κ3) is 2.86. The number of esters is 1. The molecule has 0 spiro atoms. The van der Waals surface area contributed by atoms with E-state index >= 15 is 0 Å². The van der Waals surface area contributed by atoms with E-state index in [1.54, 1.807) is 0 Å². The molecule has 20 heavy (non-hydrogen) atoms. The first-order chi connectivity index (χ1) is 9.51. The van der Waals surface area contributed by atoms with E-state index in [9.17, 15) is 9.59 Å². The molecule has 1 aromatic heterocycles. The summed E-state index contributed by atoms with van der Waals surface area (Å²) in [5.74, 6) is -1.24. The highest BCUT2D eigenvalue weighted by Gasteiger charge is 2.14. The van der Waals surface area contributed by atoms with Crippen molar-refractivity contribution in [3.05, 3.63) is 34.6 Å². The first-order valence-corrected chi connectivity index (χ1v) is 5.76. The number of aromatic amines is 1. The minimum Gasteiger partial charge on any atom is -0.465 e. The van der Waals surface area contributed by atoms with Crippen LogP contribution < -0.4 is 11.1 Å². The summed E-state index contributed by atoms with van der Waals surface area (Å²) in [5, 5.41) is 8.65. The number of nitrogen functional groups attached to an aromatic ring is 1. The largest absolute Gasteiger partial charge is 0.465 e. The van der Waals surface area contributed by atoms with Crippen molar-refractivity contribution in [3.8, 4) is 0 Å². The molecule has 0 bridgehead atoms. The highest BCUT2D eigenvalue weighted by Crippen LogP contribution is 2.21. The maximum absolute atomic E-state index is 11.8. The van der Waals surface area contributed by atoms with Crippen LogP contribution in [-0.4, -0.2) is 34.2 Å². The molecular formula is C11H10ClN5O3. The van der Waals surface area contributed by atoms with Gasteiger partial charge in [0.05, 0.1) is 17.7 Å². The van der Waals surface area contributed by atoms with E-state index in [-0.39, 0.29) is 22.4 Å². The zero-order chi connectivity index (χ0) is 14.7. The summed E-state index contributed by atoms with van der Waals surface area (Å²) in [6.45, 7) is 0. The van der Waals surface area contributed by atoms with E-state index in [4.69, 9.17) is 17.3 Å². The molecule has 0 atom stereocenters. The van der Waals surface area contributed by atoms with Crippen LogP contribution in [0.5, 0.6) is 0 Å². The van der Waals surface area contributed by atoms with Gasteiger partial charge in [0.2, 0.25) is 11.8 Å². The summed E-state index contributed by atoms with van der Waals surface area (Å²) in [6.07, 6.45) is 0. The van der Waals surface area contributed by atoms with Gasteiger partial charge in [0.1, 0.15) is 0 Å². The van der Waals surface area contributed by atoms with Gasteiger partial charge in [-0.05, 0) is 18.2 Å². The number of benzene rings is 1. The number of rotatable bonds is 3. The van der Waals surface area contributed by atoms with Crippen molar-refractivity contribution >= 4 is 35.1 Å². The lowest BCUT2D eigenvalue weighted by molar-refractivity contribution is 0.0600. The third-order valence-electron chi connectivity index (χ3n) is 2.35. The summed E-state index contributed by atoms with van der Waals surface area (Å²) in [4.78, 5) is 27.0. The molecule has 2 rings (SSSR count). The zero-order valence-electron chi connectivity index (χ0n) is 10.3. The van der Waals surface area contributed by atoms with Gasteiger partial charge in [-0.25, -0.2) is 4.79 Å². The number of anilines is 2. The van der Waals surface area contributed by atoms with Crippen molar-refractivity contribution in [1.29, 1.82) is 0 Å². The van der Waals surface area contributed by atoms with E-state index < -0.39 is 11.9 Å². The van der Waals surface area contributed by atoms with Crippen LogP contribution in [0.1, 0.15) is 21.0 Å². The number of nitrogens with one attached hydrogen (secondary N) is 2. The van der Waals surface area contributed by atoms with Crippen LogP contribution in [0.3, 0.4) is 0 Å². The Balaban J connectivity index is 2.22. The summed E-state index contributed by atoms with van der Waals surface area (Å²) in [5.41, 5.74) is 5.80. The first kappa shape index (κ1) is 13.8. The van der Waals surface area contributed by atoms with Crippen LogP contribution >= 0.6 is 11.6 Å². The molecule has 0 aliphatic rings. The molecule has 9 heteroatoms. The second kappa shape index (κ2) is 5.57. The Morgan fingerprint density at radius 1 is 1.45 bits per heavy atom. The van der Waals surface area contributed by atoms with E-state index in [2.05, 4.69) is 25.2 Å². The Morgan fingerprint density at radius 2 is 2.20 bits per heavy atom. The molecule has 1 amide bonds. The molecule has 0 saturated heterocycles. The molecule has 0 aliphatic carbocycles. The number of hydrogen-bond donors (Lipinski definition) is 3. The average molecular weight is 296 g/mol. The predicted molar refractivity (Wildman–Crippen MR) is 71.5 cm³/mol. The van der Waals surface area contributed by atoms with Gasteiger partial charge in [0.25, 0.3) is 5.91 Å². The fraction of sp³-hybridized carbons (Fsp3) is 0.0909. The summed E-state index contributed by atoms with van der Waals surface area (Å²) >= 11 is 5.87. The van der Waals surface area contributed by atoms with E-state index in [0.29, 0.717) is 5.69 Å². The fourth-order valence-electron chi connectivity index (χ4n) is 1.44. The topological polar surface area (TPSA) is 123 Å². The Labute approximate surface area is 118 Å². The number of H-pyrrole nitrogens is 1. The predicted octanol–water partition coefficient (Wildman–Crippen LogP) is 1.08. The second-order valence-electron chi connectivity index (χ2n) is 3.68. The zero-order valence-corrected chi connectivity index (χ0v) is 11.1. The highest BCUT2D eigenvalue weighted by atomic mass is 35.5. The monoisotopic (exact) mass is 295 g/mol. The molecule has 0 saturated carbocycles. The molecule has 2 aromatic rings. The number of aromatic nitrogens is 3. The lowest BCUT2D eigenvalue weighted by atomic mass is 10.2. The summed E-state index contributed by atoms with van der Waals surface area (Å²) < 4.78 is 4.58. The molecule has 0 radical (unpaired) electrons. The number of methoxy groups -OCH3 is 1. The number of ether oxygens (including phenoxy) is 1. The van der Waals surface area contributed by atoms with Gasteiger partial charge in [0, 0.05) is 5.69 Å². The number of halogens is 1. The van der Waals surface area contributed by atoms with Gasteiger partial charge < -0.3 is 15.8 Å². The van der Waals surface area contributed by atoms with Crippen molar-refractivity contribution < 1.29 is 14.3 Å². The van der Waals surface area contributed by atoms with E-state index in [0.717, 1.165) is 0 Å². The number of nitrogens with zero attached hydrogens (tertiary/aromatic N) is 2. The lowest BCUT2D eigenvalue weighted by Crippen LogP contribution is -2.14. The van der Waals surface area contributed by atoms with Crippen molar-refractivity contribution in [1.82, 2.24) is 15.2 Å². The Bertz CT molecular complexity index is 670. The molecular weight excluding hydrogens is 286 g/mol. The molecule has 1 aromatic carbocycles. The smallest absolute Gasteiger partial charge is 0.339 e. The Kier molecular flexibility index (Phi) is 3.85. The molecule has 1 heterocycles. The van der Waals surface area contributed by atoms with Gasteiger partial charge in [-0.2, -0.15) is 4.98 Å². The van der Waals surface area contributed by atoms with Crippen molar-refractivity contribution in [2.75, 3.05) is 18.2 Å². The fourth-order valence-corrected chi connectivity index (χ4v) is 1.63. The van der Waals surface area contributed by atoms with Crippen LogP contribution in [0.2, 0.25) is 5.02 Å². The molecule has 0 fully saturated rings. The van der Waals surface area contributed by atoms with Gasteiger partial charge in [-0.3, -0.25) is 9.89 Å². The third-order valence-corrected chi connectivity index (χ3v) is 2.68. The highest BCUT2D eigenvalue weighted by molar-refractivity contribution is 6.33. The van der Waals surface area contributed by atoms with Crippen molar-refractivity contribution in [3.63, 3.8) is 0 Å². The molecule has 0 unspecified atom stereocenters. The van der Waals surface area contributed by atoms with Gasteiger partial charge in [0.15, 0.2) is 0 Å². The maximum atomic E-state index is 11.8. The van der Waals surface area contributed by atoms with Crippen LogP contribution in [-0.2, 0) is 4.74 Å². The van der Waals surface area contributed by atoms with Crippen molar-refractivity contribution in [2.24, 2.45) is 0 Å². The number of nitrogens with two attached hydrogens (primary N) is 1. The number of amides is 1. The average Bonchev–Trinajstić information content (AvgIpc) is 2.87. The van der Waals surface area contributed by atoms with Crippen LogP contribution in [0.25, 0.3) is 0 Å². The van der Waals surface area contributed by atoms with Crippen LogP contribution in [0.15, 0.2) is 18.2 Å². The standard InChI is InChI=1S/C11H10ClN5O3/c1-20-10(19)6-4-5(2-3-7(6)12)14-9(18)8-15-11(13)17-16-8/h2-4H,1H3,(H,14,18)(H3,13,15,16,17). The minimum absolute atomic E-state index is 0.0403. The normalized spacial score (nSPS) is 10.1. The number of hydrogen-bond acceptors (Lipinski definition) is 6. The van der Waals surface area contributed by atoms with Gasteiger partial charge >= 0.3 is 5.97 Å².